The van der Waals surface area contributed by atoms with Gasteiger partial charge in [-0.1, -0.05) is 42.8 Å². The Kier molecular flexibility index (Phi) is 4.53. The van der Waals surface area contributed by atoms with Crippen LogP contribution in [0.25, 0.3) is 0 Å². The average Bonchev–Trinajstić information content (AvgIpc) is 2.44. The van der Waals surface area contributed by atoms with Gasteiger partial charge in [-0.3, -0.25) is 10.1 Å². The van der Waals surface area contributed by atoms with E-state index in [2.05, 4.69) is 23.3 Å². The maximum atomic E-state index is 10.8. The van der Waals surface area contributed by atoms with Crippen molar-refractivity contribution < 1.29 is 4.92 Å². The molecule has 1 N–H and O–H groups in total. The first-order chi connectivity index (χ1) is 9.60. The molecule has 0 aliphatic rings. The van der Waals surface area contributed by atoms with E-state index in [0.29, 0.717) is 12.4 Å². The number of anilines is 1. The lowest BCUT2D eigenvalue weighted by Gasteiger charge is -2.09. The molecule has 0 spiro atoms. The van der Waals surface area contributed by atoms with Gasteiger partial charge in [0.1, 0.15) is 11.0 Å². The Morgan fingerprint density at radius 2 is 2.00 bits per heavy atom. The summed E-state index contributed by atoms with van der Waals surface area (Å²) >= 11 is 5.78. The molecule has 0 saturated heterocycles. The topological polar surface area (TPSA) is 68.1 Å². The number of pyridine rings is 1. The van der Waals surface area contributed by atoms with Crippen molar-refractivity contribution in [2.75, 3.05) is 5.32 Å². The largest absolute Gasteiger partial charge is 0.366 e. The van der Waals surface area contributed by atoms with E-state index in [1.807, 2.05) is 18.2 Å². The van der Waals surface area contributed by atoms with Crippen molar-refractivity contribution in [1.29, 1.82) is 0 Å². The summed E-state index contributed by atoms with van der Waals surface area (Å²) in [7, 11) is 0. The van der Waals surface area contributed by atoms with Crippen LogP contribution in [0.1, 0.15) is 18.1 Å². The SMILES string of the molecule is CCc1ccccc1CNc1cc([N+](=O)[O-])cc(Cl)n1. The molecule has 2 aromatic rings. The minimum absolute atomic E-state index is 0.0729. The van der Waals surface area contributed by atoms with E-state index in [0.717, 1.165) is 12.0 Å². The molecule has 0 bridgehead atoms. The molecular formula is C14H14ClN3O2. The molecule has 6 heteroatoms. The number of hydrogen-bond acceptors (Lipinski definition) is 4. The lowest BCUT2D eigenvalue weighted by atomic mass is 10.1. The van der Waals surface area contributed by atoms with Gasteiger partial charge in [0.15, 0.2) is 0 Å². The van der Waals surface area contributed by atoms with Gasteiger partial charge in [-0.15, -0.1) is 0 Å². The van der Waals surface area contributed by atoms with Crippen LogP contribution in [0.5, 0.6) is 0 Å². The van der Waals surface area contributed by atoms with Crippen molar-refractivity contribution in [3.63, 3.8) is 0 Å². The minimum Gasteiger partial charge on any atom is -0.366 e. The van der Waals surface area contributed by atoms with Crippen LogP contribution in [0, 0.1) is 10.1 Å². The van der Waals surface area contributed by atoms with Gasteiger partial charge in [-0.05, 0) is 17.5 Å². The predicted molar refractivity (Wildman–Crippen MR) is 79.0 cm³/mol. The van der Waals surface area contributed by atoms with Crippen LogP contribution >= 0.6 is 11.6 Å². The van der Waals surface area contributed by atoms with Crippen molar-refractivity contribution in [2.24, 2.45) is 0 Å². The molecule has 0 aliphatic carbocycles. The van der Waals surface area contributed by atoms with E-state index in [9.17, 15) is 10.1 Å². The second kappa shape index (κ2) is 6.34. The summed E-state index contributed by atoms with van der Waals surface area (Å²) < 4.78 is 0. The van der Waals surface area contributed by atoms with E-state index in [4.69, 9.17) is 11.6 Å². The molecule has 1 aromatic carbocycles. The lowest BCUT2D eigenvalue weighted by molar-refractivity contribution is -0.384. The van der Waals surface area contributed by atoms with Crippen LogP contribution in [0.3, 0.4) is 0 Å². The van der Waals surface area contributed by atoms with Crippen molar-refractivity contribution in [3.8, 4) is 0 Å². The van der Waals surface area contributed by atoms with Crippen LogP contribution in [-0.2, 0) is 13.0 Å². The summed E-state index contributed by atoms with van der Waals surface area (Å²) in [6.07, 6.45) is 0.932. The summed E-state index contributed by atoms with van der Waals surface area (Å²) in [5.74, 6) is 0.398. The van der Waals surface area contributed by atoms with Gasteiger partial charge in [0.25, 0.3) is 5.69 Å². The smallest absolute Gasteiger partial charge is 0.276 e. The van der Waals surface area contributed by atoms with Gasteiger partial charge in [-0.25, -0.2) is 4.98 Å². The second-order valence-corrected chi connectivity index (χ2v) is 4.65. The van der Waals surface area contributed by atoms with Crippen molar-refractivity contribution >= 4 is 23.1 Å². The van der Waals surface area contributed by atoms with Crippen LogP contribution in [0.2, 0.25) is 5.15 Å². The Hall–Kier alpha value is -2.14. The number of hydrogen-bond donors (Lipinski definition) is 1. The third-order valence-electron chi connectivity index (χ3n) is 2.95. The van der Waals surface area contributed by atoms with Crippen LogP contribution in [-0.4, -0.2) is 9.91 Å². The van der Waals surface area contributed by atoms with E-state index < -0.39 is 4.92 Å². The highest BCUT2D eigenvalue weighted by Gasteiger charge is 2.10. The van der Waals surface area contributed by atoms with Crippen molar-refractivity contribution in [3.05, 3.63) is 62.8 Å². The molecule has 0 fully saturated rings. The number of aromatic nitrogens is 1. The number of nitro groups is 1. The third-order valence-corrected chi connectivity index (χ3v) is 3.14. The standard InChI is InChI=1S/C14H14ClN3O2/c1-2-10-5-3-4-6-11(10)9-16-14-8-12(18(19)20)7-13(15)17-14/h3-8H,2,9H2,1H3,(H,16,17). The number of halogens is 1. The van der Waals surface area contributed by atoms with Crippen LogP contribution in [0.15, 0.2) is 36.4 Å². The molecule has 1 aromatic heterocycles. The molecule has 5 nitrogen and oxygen atoms in total. The molecule has 0 saturated carbocycles. The first-order valence-corrected chi connectivity index (χ1v) is 6.60. The quantitative estimate of drug-likeness (QED) is 0.516. The molecule has 1 heterocycles. The fourth-order valence-electron chi connectivity index (χ4n) is 1.94. The average molecular weight is 292 g/mol. The molecule has 0 unspecified atom stereocenters. The van der Waals surface area contributed by atoms with Gasteiger partial charge in [0.05, 0.1) is 17.1 Å². The first kappa shape index (κ1) is 14.3. The summed E-state index contributed by atoms with van der Waals surface area (Å²) in [6, 6.07) is 10.6. The zero-order valence-electron chi connectivity index (χ0n) is 11.0. The normalized spacial score (nSPS) is 10.3. The number of benzene rings is 1. The maximum Gasteiger partial charge on any atom is 0.276 e. The van der Waals surface area contributed by atoms with Gasteiger partial charge >= 0.3 is 0 Å². The van der Waals surface area contributed by atoms with Gasteiger partial charge in [0, 0.05) is 6.54 Å². The molecule has 104 valence electrons. The molecule has 2 rings (SSSR count). The zero-order chi connectivity index (χ0) is 14.5. The Bertz CT molecular complexity index is 632. The van der Waals surface area contributed by atoms with Gasteiger partial charge in [-0.2, -0.15) is 0 Å². The monoisotopic (exact) mass is 291 g/mol. The van der Waals surface area contributed by atoms with E-state index in [-0.39, 0.29) is 10.8 Å². The molecular weight excluding hydrogens is 278 g/mol. The Morgan fingerprint density at radius 1 is 1.30 bits per heavy atom. The second-order valence-electron chi connectivity index (χ2n) is 4.27. The number of nitrogens with zero attached hydrogens (tertiary/aromatic N) is 2. The highest BCUT2D eigenvalue weighted by Crippen LogP contribution is 2.21. The summed E-state index contributed by atoms with van der Waals surface area (Å²) in [5.41, 5.74) is 2.30. The third kappa shape index (κ3) is 3.45. The van der Waals surface area contributed by atoms with Crippen LogP contribution < -0.4 is 5.32 Å². The molecule has 20 heavy (non-hydrogen) atoms. The summed E-state index contributed by atoms with van der Waals surface area (Å²) in [4.78, 5) is 14.3. The zero-order valence-corrected chi connectivity index (χ0v) is 11.7. The fourth-order valence-corrected chi connectivity index (χ4v) is 2.14. The molecule has 0 radical (unpaired) electrons. The maximum absolute atomic E-state index is 10.8. The molecule has 0 atom stereocenters. The Morgan fingerprint density at radius 3 is 2.65 bits per heavy atom. The highest BCUT2D eigenvalue weighted by molar-refractivity contribution is 6.29. The van der Waals surface area contributed by atoms with Crippen molar-refractivity contribution in [1.82, 2.24) is 4.98 Å². The predicted octanol–water partition coefficient (Wildman–Crippen LogP) is 3.82. The number of nitrogens with one attached hydrogen (secondary N) is 1. The highest BCUT2D eigenvalue weighted by atomic mass is 35.5. The van der Waals surface area contributed by atoms with E-state index in [1.165, 1.54) is 17.7 Å². The Balaban J connectivity index is 2.16. The van der Waals surface area contributed by atoms with E-state index >= 15 is 0 Å². The first-order valence-electron chi connectivity index (χ1n) is 6.22. The summed E-state index contributed by atoms with van der Waals surface area (Å²) in [6.45, 7) is 2.63. The van der Waals surface area contributed by atoms with E-state index in [1.54, 1.807) is 0 Å². The minimum atomic E-state index is -0.487. The fraction of sp³-hybridized carbons (Fsp3) is 0.214. The van der Waals surface area contributed by atoms with Crippen molar-refractivity contribution in [2.45, 2.75) is 19.9 Å². The Labute approximate surface area is 121 Å². The summed E-state index contributed by atoms with van der Waals surface area (Å²) in [5, 5.41) is 13.9. The van der Waals surface area contributed by atoms with Crippen LogP contribution in [0.4, 0.5) is 11.5 Å². The molecule has 0 aliphatic heterocycles. The van der Waals surface area contributed by atoms with Gasteiger partial charge in [0.2, 0.25) is 0 Å². The number of aryl methyl sites for hydroxylation is 1. The van der Waals surface area contributed by atoms with Gasteiger partial charge < -0.3 is 5.32 Å². The molecule has 0 amide bonds. The number of rotatable bonds is 5. The lowest BCUT2D eigenvalue weighted by Crippen LogP contribution is -2.04.